The van der Waals surface area contributed by atoms with E-state index in [2.05, 4.69) is 4.74 Å². The van der Waals surface area contributed by atoms with E-state index in [-0.39, 0.29) is 5.97 Å². The van der Waals surface area contributed by atoms with Gasteiger partial charge in [0.2, 0.25) is 5.78 Å². The van der Waals surface area contributed by atoms with Crippen LogP contribution in [0.4, 0.5) is 0 Å². The monoisotopic (exact) mass is 198 g/mol. The molecule has 0 saturated carbocycles. The third kappa shape index (κ3) is 6.11. The number of ether oxygens (including phenoxy) is 1. The summed E-state index contributed by atoms with van der Waals surface area (Å²) < 4.78 is 4.43. The van der Waals surface area contributed by atoms with Crippen LogP contribution in [0.1, 0.15) is 26.2 Å². The molecule has 0 aromatic carbocycles. The SMILES string of the molecule is COC(=O)CCC/C=C/C(=O)C(C)=O. The second-order valence-corrected chi connectivity index (χ2v) is 2.79. The molecular weight excluding hydrogens is 184 g/mol. The predicted octanol–water partition coefficient (Wildman–Crippen LogP) is 1.04. The molecule has 0 rings (SSSR count). The van der Waals surface area contributed by atoms with E-state index in [9.17, 15) is 14.4 Å². The minimum Gasteiger partial charge on any atom is -0.469 e. The van der Waals surface area contributed by atoms with Crippen molar-refractivity contribution in [2.45, 2.75) is 26.2 Å². The van der Waals surface area contributed by atoms with E-state index in [4.69, 9.17) is 0 Å². The molecule has 0 aliphatic heterocycles. The minimum atomic E-state index is -0.511. The average Bonchev–Trinajstić information content (AvgIpc) is 2.16. The number of rotatable bonds is 6. The Morgan fingerprint density at radius 1 is 1.29 bits per heavy atom. The van der Waals surface area contributed by atoms with Crippen molar-refractivity contribution in [1.29, 1.82) is 0 Å². The van der Waals surface area contributed by atoms with Crippen molar-refractivity contribution in [1.82, 2.24) is 0 Å². The van der Waals surface area contributed by atoms with Crippen molar-refractivity contribution in [3.05, 3.63) is 12.2 Å². The summed E-state index contributed by atoms with van der Waals surface area (Å²) in [6.45, 7) is 1.22. The van der Waals surface area contributed by atoms with Gasteiger partial charge in [0.1, 0.15) is 0 Å². The van der Waals surface area contributed by atoms with E-state index in [1.807, 2.05) is 0 Å². The molecule has 0 N–H and O–H groups in total. The van der Waals surface area contributed by atoms with Crippen LogP contribution in [0.2, 0.25) is 0 Å². The molecule has 0 radical (unpaired) electrons. The first-order chi connectivity index (χ1) is 6.57. The highest BCUT2D eigenvalue weighted by molar-refractivity contribution is 6.40. The van der Waals surface area contributed by atoms with Crippen LogP contribution in [0.15, 0.2) is 12.2 Å². The summed E-state index contributed by atoms with van der Waals surface area (Å²) in [5.41, 5.74) is 0. The van der Waals surface area contributed by atoms with Crippen molar-refractivity contribution in [2.24, 2.45) is 0 Å². The maximum absolute atomic E-state index is 10.8. The van der Waals surface area contributed by atoms with E-state index in [0.29, 0.717) is 19.3 Å². The van der Waals surface area contributed by atoms with E-state index < -0.39 is 11.6 Å². The lowest BCUT2D eigenvalue weighted by Gasteiger charge is -1.95. The molecule has 4 nitrogen and oxygen atoms in total. The molecule has 0 spiro atoms. The zero-order valence-corrected chi connectivity index (χ0v) is 8.41. The first kappa shape index (κ1) is 12.6. The number of hydrogen-bond acceptors (Lipinski definition) is 4. The summed E-state index contributed by atoms with van der Waals surface area (Å²) >= 11 is 0. The second kappa shape index (κ2) is 7.00. The van der Waals surface area contributed by atoms with Gasteiger partial charge in [-0.15, -0.1) is 0 Å². The van der Waals surface area contributed by atoms with Gasteiger partial charge in [0.05, 0.1) is 7.11 Å². The number of esters is 1. The fourth-order valence-electron chi connectivity index (χ4n) is 0.774. The summed E-state index contributed by atoms with van der Waals surface area (Å²) in [4.78, 5) is 31.9. The number of ketones is 2. The first-order valence-electron chi connectivity index (χ1n) is 4.36. The molecule has 0 atom stereocenters. The number of hydrogen-bond donors (Lipinski definition) is 0. The highest BCUT2D eigenvalue weighted by Crippen LogP contribution is 1.98. The van der Waals surface area contributed by atoms with Crippen molar-refractivity contribution in [2.75, 3.05) is 7.11 Å². The van der Waals surface area contributed by atoms with E-state index in [0.717, 1.165) is 0 Å². The zero-order valence-electron chi connectivity index (χ0n) is 8.41. The Morgan fingerprint density at radius 2 is 1.93 bits per heavy atom. The molecule has 0 saturated heterocycles. The Bertz CT molecular complexity index is 253. The highest BCUT2D eigenvalue weighted by Gasteiger charge is 2.01. The van der Waals surface area contributed by atoms with Gasteiger partial charge >= 0.3 is 5.97 Å². The van der Waals surface area contributed by atoms with Crippen LogP contribution in [-0.4, -0.2) is 24.6 Å². The van der Waals surface area contributed by atoms with Crippen LogP contribution < -0.4 is 0 Å². The number of carbonyl (C=O) groups excluding carboxylic acids is 3. The number of carbonyl (C=O) groups is 3. The molecule has 0 aromatic heterocycles. The van der Waals surface area contributed by atoms with Gasteiger partial charge in [-0.1, -0.05) is 6.08 Å². The molecule has 0 unspecified atom stereocenters. The Kier molecular flexibility index (Phi) is 6.28. The van der Waals surface area contributed by atoms with Crippen molar-refractivity contribution in [3.63, 3.8) is 0 Å². The van der Waals surface area contributed by atoms with Gasteiger partial charge in [-0.05, 0) is 18.9 Å². The number of Topliss-reactive ketones (excluding diaryl/α,β-unsaturated/α-hetero) is 1. The molecule has 0 bridgehead atoms. The van der Waals surface area contributed by atoms with Gasteiger partial charge in [0.25, 0.3) is 0 Å². The van der Waals surface area contributed by atoms with Crippen LogP contribution in [-0.2, 0) is 19.1 Å². The maximum atomic E-state index is 10.8. The molecule has 0 heterocycles. The molecule has 0 amide bonds. The topological polar surface area (TPSA) is 60.4 Å². The van der Waals surface area contributed by atoms with E-state index >= 15 is 0 Å². The van der Waals surface area contributed by atoms with Crippen LogP contribution >= 0.6 is 0 Å². The third-order valence-electron chi connectivity index (χ3n) is 1.60. The van der Waals surface area contributed by atoms with E-state index in [1.54, 1.807) is 6.08 Å². The van der Waals surface area contributed by atoms with Crippen molar-refractivity contribution in [3.8, 4) is 0 Å². The largest absolute Gasteiger partial charge is 0.469 e. The second-order valence-electron chi connectivity index (χ2n) is 2.79. The quantitative estimate of drug-likeness (QED) is 0.277. The number of methoxy groups -OCH3 is 1. The molecule has 0 aromatic rings. The van der Waals surface area contributed by atoms with E-state index in [1.165, 1.54) is 20.1 Å². The Balaban J connectivity index is 3.59. The molecular formula is C10H14O4. The Labute approximate surface area is 82.9 Å². The average molecular weight is 198 g/mol. The third-order valence-corrected chi connectivity index (χ3v) is 1.60. The van der Waals surface area contributed by atoms with Crippen molar-refractivity contribution >= 4 is 17.5 Å². The Hall–Kier alpha value is -1.45. The molecule has 0 aliphatic carbocycles. The van der Waals surface area contributed by atoms with Gasteiger partial charge in [-0.2, -0.15) is 0 Å². The van der Waals surface area contributed by atoms with Crippen LogP contribution in [0.5, 0.6) is 0 Å². The summed E-state index contributed by atoms with van der Waals surface area (Å²) in [5.74, 6) is -1.26. The summed E-state index contributed by atoms with van der Waals surface area (Å²) in [5, 5.41) is 0. The summed E-state index contributed by atoms with van der Waals surface area (Å²) in [6, 6.07) is 0. The molecule has 78 valence electrons. The fraction of sp³-hybridized carbons (Fsp3) is 0.500. The lowest BCUT2D eigenvalue weighted by Crippen LogP contribution is -2.04. The smallest absolute Gasteiger partial charge is 0.305 e. The summed E-state index contributed by atoms with van der Waals surface area (Å²) in [7, 11) is 1.33. The number of allylic oxidation sites excluding steroid dienone is 2. The van der Waals surface area contributed by atoms with Crippen molar-refractivity contribution < 1.29 is 19.1 Å². The maximum Gasteiger partial charge on any atom is 0.305 e. The van der Waals surface area contributed by atoms with Crippen LogP contribution in [0.25, 0.3) is 0 Å². The van der Waals surface area contributed by atoms with Crippen LogP contribution in [0, 0.1) is 0 Å². The fourth-order valence-corrected chi connectivity index (χ4v) is 0.774. The zero-order chi connectivity index (χ0) is 11.0. The highest BCUT2D eigenvalue weighted by atomic mass is 16.5. The predicted molar refractivity (Wildman–Crippen MR) is 50.7 cm³/mol. The molecule has 14 heavy (non-hydrogen) atoms. The molecule has 0 fully saturated rings. The number of unbranched alkanes of at least 4 members (excludes halogenated alkanes) is 1. The summed E-state index contributed by atoms with van der Waals surface area (Å²) in [6.07, 6.45) is 4.36. The lowest BCUT2D eigenvalue weighted by molar-refractivity contribution is -0.140. The normalized spacial score (nSPS) is 10.1. The van der Waals surface area contributed by atoms with Gasteiger partial charge in [-0.25, -0.2) is 0 Å². The molecule has 0 aliphatic rings. The van der Waals surface area contributed by atoms with Gasteiger partial charge < -0.3 is 4.74 Å². The van der Waals surface area contributed by atoms with Gasteiger partial charge in [-0.3, -0.25) is 14.4 Å². The standard InChI is InChI=1S/C10H14O4/c1-8(11)9(12)6-4-3-5-7-10(13)14-2/h4,6H,3,5,7H2,1-2H3/b6-4+. The van der Waals surface area contributed by atoms with Crippen LogP contribution in [0.3, 0.4) is 0 Å². The van der Waals surface area contributed by atoms with Gasteiger partial charge in [0, 0.05) is 13.3 Å². The Morgan fingerprint density at radius 3 is 2.43 bits per heavy atom. The first-order valence-corrected chi connectivity index (χ1v) is 4.36. The molecule has 4 heteroatoms. The minimum absolute atomic E-state index is 0.267. The lowest BCUT2D eigenvalue weighted by atomic mass is 10.2. The van der Waals surface area contributed by atoms with Gasteiger partial charge in [0.15, 0.2) is 5.78 Å².